The number of likely N-dealkylation sites (tertiary alicyclic amines) is 1. The summed E-state index contributed by atoms with van der Waals surface area (Å²) in [5, 5.41) is 9.25. The van der Waals surface area contributed by atoms with Crippen molar-refractivity contribution in [2.45, 2.75) is 31.2 Å². The van der Waals surface area contributed by atoms with Crippen LogP contribution in [-0.2, 0) is 17.1 Å². The van der Waals surface area contributed by atoms with Crippen molar-refractivity contribution in [1.29, 1.82) is 0 Å². The Labute approximate surface area is 179 Å². The van der Waals surface area contributed by atoms with Gasteiger partial charge in [0, 0.05) is 11.6 Å². The molecule has 0 spiro atoms. The number of piperidine rings is 1. The summed E-state index contributed by atoms with van der Waals surface area (Å²) < 4.78 is 81.2. The summed E-state index contributed by atoms with van der Waals surface area (Å²) >= 11 is 6.18. The highest BCUT2D eigenvalue weighted by atomic mass is 35.5. The highest BCUT2D eigenvalue weighted by Gasteiger charge is 2.40. The molecule has 0 amide bonds. The van der Waals surface area contributed by atoms with Gasteiger partial charge in [-0.1, -0.05) is 29.8 Å². The predicted molar refractivity (Wildman–Crippen MR) is 102 cm³/mol. The molecule has 1 aliphatic heterocycles. The first kappa shape index (κ1) is 23.4. The Kier molecular flexibility index (Phi) is 6.57. The number of hydrogen-bond acceptors (Lipinski definition) is 2. The molecule has 1 saturated heterocycles. The molecule has 0 bridgehead atoms. The van der Waals surface area contributed by atoms with Crippen molar-refractivity contribution >= 4 is 17.6 Å². The standard InChI is InChI=1S/C21H18ClF6NO2/c22-17-8-7-13(20(23,24)25)10-15(17)18(29-9-3-4-12(11-29)19(30)31)14-5-1-2-6-16(14)21(26,27)28/h1-2,5-8,10,12,18H,3-4,9,11H2,(H,30,31). The van der Waals surface area contributed by atoms with Crippen LogP contribution in [0, 0.1) is 5.92 Å². The van der Waals surface area contributed by atoms with Gasteiger partial charge in [-0.25, -0.2) is 0 Å². The van der Waals surface area contributed by atoms with Gasteiger partial charge in [0.15, 0.2) is 0 Å². The lowest BCUT2D eigenvalue weighted by atomic mass is 9.88. The van der Waals surface area contributed by atoms with E-state index in [-0.39, 0.29) is 29.2 Å². The molecule has 3 nitrogen and oxygen atoms in total. The van der Waals surface area contributed by atoms with Gasteiger partial charge in [0.25, 0.3) is 0 Å². The van der Waals surface area contributed by atoms with Gasteiger partial charge in [0.2, 0.25) is 0 Å². The smallest absolute Gasteiger partial charge is 0.416 e. The van der Waals surface area contributed by atoms with E-state index in [0.29, 0.717) is 12.8 Å². The fraction of sp³-hybridized carbons (Fsp3) is 0.381. The molecule has 0 radical (unpaired) electrons. The van der Waals surface area contributed by atoms with Crippen molar-refractivity contribution in [2.75, 3.05) is 13.1 Å². The van der Waals surface area contributed by atoms with Crippen molar-refractivity contribution in [1.82, 2.24) is 4.90 Å². The number of hydrogen-bond donors (Lipinski definition) is 1. The number of rotatable bonds is 4. The zero-order valence-corrected chi connectivity index (χ0v) is 16.7. The summed E-state index contributed by atoms with van der Waals surface area (Å²) in [6.45, 7) is 0.103. The molecule has 10 heteroatoms. The van der Waals surface area contributed by atoms with Gasteiger partial charge in [-0.05, 0) is 54.8 Å². The van der Waals surface area contributed by atoms with Crippen LogP contribution >= 0.6 is 11.6 Å². The van der Waals surface area contributed by atoms with Crippen LogP contribution < -0.4 is 0 Å². The van der Waals surface area contributed by atoms with Crippen molar-refractivity contribution < 1.29 is 36.2 Å². The number of benzene rings is 2. The molecular formula is C21H18ClF6NO2. The van der Waals surface area contributed by atoms with Gasteiger partial charge in [0.1, 0.15) is 0 Å². The maximum absolute atomic E-state index is 13.7. The number of carboxylic acid groups (broad SMARTS) is 1. The maximum atomic E-state index is 13.7. The average Bonchev–Trinajstić information content (AvgIpc) is 2.68. The first-order valence-electron chi connectivity index (χ1n) is 9.39. The number of nitrogens with zero attached hydrogens (tertiary/aromatic N) is 1. The van der Waals surface area contributed by atoms with Crippen LogP contribution in [0.1, 0.15) is 41.1 Å². The average molecular weight is 466 g/mol. The van der Waals surface area contributed by atoms with E-state index in [1.165, 1.54) is 23.1 Å². The van der Waals surface area contributed by atoms with Crippen LogP contribution in [0.3, 0.4) is 0 Å². The third kappa shape index (κ3) is 5.15. The summed E-state index contributed by atoms with van der Waals surface area (Å²) in [5.41, 5.74) is -2.49. The fourth-order valence-electron chi connectivity index (χ4n) is 3.93. The lowest BCUT2D eigenvalue weighted by Crippen LogP contribution is -2.42. The normalized spacial score (nSPS) is 19.3. The van der Waals surface area contributed by atoms with Gasteiger partial charge >= 0.3 is 18.3 Å². The molecule has 2 aromatic rings. The van der Waals surface area contributed by atoms with E-state index in [4.69, 9.17) is 11.6 Å². The van der Waals surface area contributed by atoms with E-state index in [2.05, 4.69) is 0 Å². The maximum Gasteiger partial charge on any atom is 0.416 e. The van der Waals surface area contributed by atoms with Gasteiger partial charge in [-0.2, -0.15) is 26.3 Å². The van der Waals surface area contributed by atoms with Crippen molar-refractivity contribution in [3.63, 3.8) is 0 Å². The predicted octanol–water partition coefficient (Wildman–Crippen LogP) is 6.26. The SMILES string of the molecule is O=C(O)C1CCCN(C(c2cc(C(F)(F)F)ccc2Cl)c2ccccc2C(F)(F)F)C1. The molecule has 1 aliphatic rings. The Bertz CT molecular complexity index is 960. The molecule has 31 heavy (non-hydrogen) atoms. The van der Waals surface area contributed by atoms with E-state index in [9.17, 15) is 36.2 Å². The van der Waals surface area contributed by atoms with Crippen LogP contribution in [0.25, 0.3) is 0 Å². The summed E-state index contributed by atoms with van der Waals surface area (Å²) in [7, 11) is 0. The topological polar surface area (TPSA) is 40.5 Å². The van der Waals surface area contributed by atoms with E-state index >= 15 is 0 Å². The highest BCUT2D eigenvalue weighted by molar-refractivity contribution is 6.31. The zero-order chi connectivity index (χ0) is 23.0. The zero-order valence-electron chi connectivity index (χ0n) is 16.0. The summed E-state index contributed by atoms with van der Waals surface area (Å²) in [4.78, 5) is 13.0. The lowest BCUT2D eigenvalue weighted by molar-refractivity contribution is -0.144. The third-order valence-corrected chi connectivity index (χ3v) is 5.69. The van der Waals surface area contributed by atoms with Crippen molar-refractivity contribution in [2.24, 2.45) is 5.92 Å². The minimum Gasteiger partial charge on any atom is -0.481 e. The highest BCUT2D eigenvalue weighted by Crippen LogP contribution is 2.43. The van der Waals surface area contributed by atoms with Gasteiger partial charge < -0.3 is 5.11 Å². The number of halogens is 7. The quantitative estimate of drug-likeness (QED) is 0.541. The molecule has 3 rings (SSSR count). The Morgan fingerprint density at radius 2 is 1.71 bits per heavy atom. The molecule has 1 N–H and O–H groups in total. The summed E-state index contributed by atoms with van der Waals surface area (Å²) in [6, 6.07) is 5.79. The largest absolute Gasteiger partial charge is 0.481 e. The molecule has 0 saturated carbocycles. The first-order chi connectivity index (χ1) is 14.4. The minimum atomic E-state index is -4.76. The lowest BCUT2D eigenvalue weighted by Gasteiger charge is -2.39. The Morgan fingerprint density at radius 1 is 1.03 bits per heavy atom. The number of carbonyl (C=O) groups is 1. The van der Waals surface area contributed by atoms with E-state index in [0.717, 1.165) is 24.3 Å². The van der Waals surface area contributed by atoms with E-state index in [1.54, 1.807) is 0 Å². The van der Waals surface area contributed by atoms with E-state index < -0.39 is 41.4 Å². The molecule has 0 aliphatic carbocycles. The molecule has 2 aromatic carbocycles. The monoisotopic (exact) mass is 465 g/mol. The number of alkyl halides is 6. The molecule has 1 heterocycles. The van der Waals surface area contributed by atoms with Gasteiger partial charge in [-0.15, -0.1) is 0 Å². The van der Waals surface area contributed by atoms with Gasteiger partial charge in [0.05, 0.1) is 23.1 Å². The van der Waals surface area contributed by atoms with Crippen LogP contribution in [0.15, 0.2) is 42.5 Å². The second-order valence-electron chi connectivity index (χ2n) is 7.39. The Balaban J connectivity index is 2.21. The number of aliphatic carboxylic acids is 1. The Hall–Kier alpha value is -2.26. The molecular weight excluding hydrogens is 448 g/mol. The Morgan fingerprint density at radius 3 is 2.32 bits per heavy atom. The molecule has 168 valence electrons. The summed E-state index contributed by atoms with van der Waals surface area (Å²) in [5.74, 6) is -1.96. The summed E-state index contributed by atoms with van der Waals surface area (Å²) in [6.07, 6.45) is -8.78. The van der Waals surface area contributed by atoms with Crippen molar-refractivity contribution in [3.8, 4) is 0 Å². The van der Waals surface area contributed by atoms with Crippen LogP contribution in [0.5, 0.6) is 0 Å². The van der Waals surface area contributed by atoms with Crippen molar-refractivity contribution in [3.05, 3.63) is 69.7 Å². The second kappa shape index (κ2) is 8.70. The first-order valence-corrected chi connectivity index (χ1v) is 9.77. The van der Waals surface area contributed by atoms with Crippen LogP contribution in [0.2, 0.25) is 5.02 Å². The molecule has 0 aromatic heterocycles. The number of carboxylic acids is 1. The van der Waals surface area contributed by atoms with Gasteiger partial charge in [-0.3, -0.25) is 9.69 Å². The van der Waals surface area contributed by atoms with Crippen LogP contribution in [-0.4, -0.2) is 29.1 Å². The van der Waals surface area contributed by atoms with Crippen LogP contribution in [0.4, 0.5) is 26.3 Å². The van der Waals surface area contributed by atoms with E-state index in [1.807, 2.05) is 0 Å². The third-order valence-electron chi connectivity index (χ3n) is 5.35. The molecule has 2 atom stereocenters. The second-order valence-corrected chi connectivity index (χ2v) is 7.80. The molecule has 1 fully saturated rings. The molecule has 2 unspecified atom stereocenters. The fourth-order valence-corrected chi connectivity index (χ4v) is 4.15. The minimum absolute atomic E-state index is 0.112.